The van der Waals surface area contributed by atoms with E-state index in [1.54, 1.807) is 6.92 Å². The highest BCUT2D eigenvalue weighted by Crippen LogP contribution is 2.18. The molecule has 2 heterocycles. The number of nitrogens with zero attached hydrogens (tertiary/aromatic N) is 1. The first-order chi connectivity index (χ1) is 8.08. The van der Waals surface area contributed by atoms with Crippen LogP contribution in [0.15, 0.2) is 23.0 Å². The van der Waals surface area contributed by atoms with Gasteiger partial charge in [0.05, 0.1) is 11.4 Å². The van der Waals surface area contributed by atoms with Crippen molar-refractivity contribution >= 4 is 17.4 Å². The summed E-state index contributed by atoms with van der Waals surface area (Å²) in [6.07, 6.45) is 0. The van der Waals surface area contributed by atoms with Crippen LogP contribution in [-0.2, 0) is 0 Å². The Bertz CT molecular complexity index is 613. The predicted octanol–water partition coefficient (Wildman–Crippen LogP) is 0.241. The highest BCUT2D eigenvalue weighted by atomic mass is 16.2. The molecule has 0 saturated heterocycles. The maximum Gasteiger partial charge on any atom is 0.273 e. The Labute approximate surface area is 96.0 Å². The number of aromatic nitrogens is 3. The van der Waals surface area contributed by atoms with E-state index in [1.807, 2.05) is 0 Å². The summed E-state index contributed by atoms with van der Waals surface area (Å²) in [4.78, 5) is 25.2. The van der Waals surface area contributed by atoms with Crippen LogP contribution in [0.25, 0.3) is 0 Å². The molecule has 0 aliphatic heterocycles. The molecule has 2 aromatic rings. The Hall–Kier alpha value is -2.57. The van der Waals surface area contributed by atoms with Crippen molar-refractivity contribution in [1.29, 1.82) is 0 Å². The van der Waals surface area contributed by atoms with Crippen LogP contribution in [0.1, 0.15) is 16.2 Å². The molecule has 0 radical (unpaired) electrons. The van der Waals surface area contributed by atoms with Gasteiger partial charge in [-0.15, -0.1) is 0 Å². The molecule has 0 aliphatic rings. The molecule has 7 nitrogen and oxygen atoms in total. The van der Waals surface area contributed by atoms with Crippen molar-refractivity contribution in [3.05, 3.63) is 39.9 Å². The molecule has 0 atom stereocenters. The lowest BCUT2D eigenvalue weighted by molar-refractivity contribution is 0.102. The molecule has 7 heteroatoms. The van der Waals surface area contributed by atoms with Crippen molar-refractivity contribution in [1.82, 2.24) is 15.2 Å². The Balaban J connectivity index is 2.23. The van der Waals surface area contributed by atoms with E-state index in [2.05, 4.69) is 20.5 Å². The highest BCUT2D eigenvalue weighted by molar-refractivity contribution is 6.03. The number of nitrogens with two attached hydrogens (primary N) is 1. The van der Waals surface area contributed by atoms with E-state index in [-0.39, 0.29) is 17.1 Å². The van der Waals surface area contributed by atoms with Gasteiger partial charge in [0.2, 0.25) is 5.56 Å². The normalized spacial score (nSPS) is 10.2. The maximum atomic E-state index is 11.7. The maximum absolute atomic E-state index is 11.7. The third kappa shape index (κ3) is 2.17. The van der Waals surface area contributed by atoms with E-state index in [0.29, 0.717) is 11.4 Å². The fourth-order valence-corrected chi connectivity index (χ4v) is 1.29. The molecular weight excluding hydrogens is 222 g/mol. The first-order valence-corrected chi connectivity index (χ1v) is 4.89. The highest BCUT2D eigenvalue weighted by Gasteiger charge is 2.12. The van der Waals surface area contributed by atoms with Gasteiger partial charge >= 0.3 is 0 Å². The third-order valence-corrected chi connectivity index (χ3v) is 2.24. The third-order valence-electron chi connectivity index (χ3n) is 2.24. The standard InChI is InChI=1S/C10H11N5O2/c1-5-8(11)9(15-14-5)13-10(17)6-3-2-4-7(16)12-6/h2-4H,11H2,1H3,(H,12,16)(H2,13,14,15,17). The van der Waals surface area contributed by atoms with Crippen molar-refractivity contribution in [3.8, 4) is 0 Å². The number of nitrogen functional groups attached to an aromatic ring is 1. The average molecular weight is 233 g/mol. The van der Waals surface area contributed by atoms with Crippen molar-refractivity contribution in [3.63, 3.8) is 0 Å². The second kappa shape index (κ2) is 4.12. The predicted molar refractivity (Wildman–Crippen MR) is 62.8 cm³/mol. The van der Waals surface area contributed by atoms with Crippen LogP contribution in [0.3, 0.4) is 0 Å². The van der Waals surface area contributed by atoms with Gasteiger partial charge in [0.1, 0.15) is 5.69 Å². The van der Waals surface area contributed by atoms with Gasteiger partial charge in [0, 0.05) is 6.07 Å². The molecule has 0 spiro atoms. The first kappa shape index (κ1) is 10.9. The van der Waals surface area contributed by atoms with E-state index in [1.165, 1.54) is 18.2 Å². The lowest BCUT2D eigenvalue weighted by atomic mass is 10.3. The molecular formula is C10H11N5O2. The van der Waals surface area contributed by atoms with Crippen LogP contribution in [0.5, 0.6) is 0 Å². The topological polar surface area (TPSA) is 117 Å². The molecule has 1 amide bonds. The summed E-state index contributed by atoms with van der Waals surface area (Å²) in [5, 5.41) is 8.97. The molecule has 0 bridgehead atoms. The summed E-state index contributed by atoms with van der Waals surface area (Å²) in [5.74, 6) is -0.224. The summed E-state index contributed by atoms with van der Waals surface area (Å²) in [6.45, 7) is 1.74. The van der Waals surface area contributed by atoms with Gasteiger partial charge in [-0.25, -0.2) is 0 Å². The minimum Gasteiger partial charge on any atom is -0.394 e. The second-order valence-corrected chi connectivity index (χ2v) is 3.49. The van der Waals surface area contributed by atoms with Crippen LogP contribution < -0.4 is 16.6 Å². The molecule has 0 fully saturated rings. The summed E-state index contributed by atoms with van der Waals surface area (Å²) < 4.78 is 0. The molecule has 0 aromatic carbocycles. The molecule has 2 aromatic heterocycles. The van der Waals surface area contributed by atoms with Crippen LogP contribution in [-0.4, -0.2) is 21.1 Å². The van der Waals surface area contributed by atoms with Crippen molar-refractivity contribution in [2.75, 3.05) is 11.1 Å². The fourth-order valence-electron chi connectivity index (χ4n) is 1.29. The Morgan fingerprint density at radius 3 is 2.82 bits per heavy atom. The summed E-state index contributed by atoms with van der Waals surface area (Å²) in [5.41, 5.74) is 6.53. The number of aryl methyl sites for hydroxylation is 1. The number of amides is 1. The molecule has 17 heavy (non-hydrogen) atoms. The molecule has 5 N–H and O–H groups in total. The van der Waals surface area contributed by atoms with Gasteiger partial charge < -0.3 is 16.0 Å². The zero-order valence-electron chi connectivity index (χ0n) is 9.07. The number of nitrogens with one attached hydrogen (secondary N) is 3. The van der Waals surface area contributed by atoms with Gasteiger partial charge in [-0.1, -0.05) is 6.07 Å². The SMILES string of the molecule is Cc1[nH]nc(NC(=O)c2cccc(=O)[nH]2)c1N. The van der Waals surface area contributed by atoms with Gasteiger partial charge in [0.25, 0.3) is 5.91 Å². The van der Waals surface area contributed by atoms with Gasteiger partial charge in [-0.2, -0.15) is 5.10 Å². The Morgan fingerprint density at radius 2 is 2.24 bits per heavy atom. The summed E-state index contributed by atoms with van der Waals surface area (Å²) >= 11 is 0. The minimum atomic E-state index is -0.471. The Morgan fingerprint density at radius 1 is 1.47 bits per heavy atom. The number of H-pyrrole nitrogens is 2. The number of hydrogen-bond acceptors (Lipinski definition) is 4. The summed E-state index contributed by atoms with van der Waals surface area (Å²) in [6, 6.07) is 4.31. The van der Waals surface area contributed by atoms with Crippen LogP contribution >= 0.6 is 0 Å². The van der Waals surface area contributed by atoms with E-state index < -0.39 is 5.91 Å². The van der Waals surface area contributed by atoms with Crippen molar-refractivity contribution < 1.29 is 4.79 Å². The number of anilines is 2. The molecule has 2 rings (SSSR count). The largest absolute Gasteiger partial charge is 0.394 e. The number of carbonyl (C=O) groups is 1. The van der Waals surface area contributed by atoms with E-state index in [9.17, 15) is 9.59 Å². The van der Waals surface area contributed by atoms with Crippen LogP contribution in [0.2, 0.25) is 0 Å². The van der Waals surface area contributed by atoms with Gasteiger partial charge in [0.15, 0.2) is 5.82 Å². The van der Waals surface area contributed by atoms with Crippen molar-refractivity contribution in [2.24, 2.45) is 0 Å². The number of pyridine rings is 1. The molecule has 0 unspecified atom stereocenters. The number of aromatic amines is 2. The zero-order valence-corrected chi connectivity index (χ0v) is 9.07. The van der Waals surface area contributed by atoms with Gasteiger partial charge in [-0.3, -0.25) is 14.7 Å². The lowest BCUT2D eigenvalue weighted by Crippen LogP contribution is -2.18. The fraction of sp³-hybridized carbons (Fsp3) is 0.100. The number of carbonyl (C=O) groups excluding carboxylic acids is 1. The minimum absolute atomic E-state index is 0.151. The molecule has 88 valence electrons. The smallest absolute Gasteiger partial charge is 0.273 e. The van der Waals surface area contributed by atoms with E-state index in [0.717, 1.165) is 0 Å². The number of hydrogen-bond donors (Lipinski definition) is 4. The lowest BCUT2D eigenvalue weighted by Gasteiger charge is -2.02. The monoisotopic (exact) mass is 233 g/mol. The summed E-state index contributed by atoms with van der Waals surface area (Å²) in [7, 11) is 0. The van der Waals surface area contributed by atoms with Crippen LogP contribution in [0.4, 0.5) is 11.5 Å². The van der Waals surface area contributed by atoms with E-state index in [4.69, 9.17) is 5.73 Å². The first-order valence-electron chi connectivity index (χ1n) is 4.89. The number of rotatable bonds is 2. The quantitative estimate of drug-likeness (QED) is 0.594. The zero-order chi connectivity index (χ0) is 12.4. The second-order valence-electron chi connectivity index (χ2n) is 3.49. The average Bonchev–Trinajstić information content (AvgIpc) is 2.61. The van der Waals surface area contributed by atoms with Crippen LogP contribution in [0, 0.1) is 6.92 Å². The Kier molecular flexibility index (Phi) is 2.65. The molecule has 0 saturated carbocycles. The molecule has 0 aliphatic carbocycles. The van der Waals surface area contributed by atoms with Crippen molar-refractivity contribution in [2.45, 2.75) is 6.92 Å². The van der Waals surface area contributed by atoms with E-state index >= 15 is 0 Å². The van der Waals surface area contributed by atoms with Gasteiger partial charge in [-0.05, 0) is 13.0 Å².